The quantitative estimate of drug-likeness (QED) is 0.765. The largest absolute Gasteiger partial charge is 0.382 e. The van der Waals surface area contributed by atoms with Crippen LogP contribution in [0.1, 0.15) is 5.56 Å². The Morgan fingerprint density at radius 1 is 1.54 bits per heavy atom. The van der Waals surface area contributed by atoms with Gasteiger partial charge >= 0.3 is 0 Å². The van der Waals surface area contributed by atoms with Crippen molar-refractivity contribution in [2.24, 2.45) is 0 Å². The number of rotatable bonds is 1. The highest BCUT2D eigenvalue weighted by molar-refractivity contribution is 7.19. The predicted molar refractivity (Wildman–Crippen MR) is 56.1 cm³/mol. The van der Waals surface area contributed by atoms with Crippen molar-refractivity contribution >= 4 is 28.8 Å². The van der Waals surface area contributed by atoms with E-state index in [9.17, 15) is 0 Å². The van der Waals surface area contributed by atoms with Crippen LogP contribution in [-0.4, -0.2) is 10.2 Å². The van der Waals surface area contributed by atoms with Crippen LogP contribution in [0.3, 0.4) is 0 Å². The van der Waals surface area contributed by atoms with E-state index in [1.54, 1.807) is 0 Å². The van der Waals surface area contributed by atoms with E-state index in [0.717, 1.165) is 20.5 Å². The first-order valence-corrected chi connectivity index (χ1v) is 4.94. The number of nitrogens with zero attached hydrogens (tertiary/aromatic N) is 1. The summed E-state index contributed by atoms with van der Waals surface area (Å²) in [7, 11) is 0. The van der Waals surface area contributed by atoms with E-state index in [1.165, 1.54) is 11.3 Å². The van der Waals surface area contributed by atoms with E-state index in [0.29, 0.717) is 5.82 Å². The normalized spacial score (nSPS) is 10.6. The molecule has 0 fully saturated rings. The molecular formula is C8H8ClN3S. The van der Waals surface area contributed by atoms with Gasteiger partial charge < -0.3 is 5.73 Å². The molecule has 0 aliphatic rings. The monoisotopic (exact) mass is 213 g/mol. The summed E-state index contributed by atoms with van der Waals surface area (Å²) in [6.07, 6.45) is 0. The number of hydrogen-bond acceptors (Lipinski definition) is 3. The van der Waals surface area contributed by atoms with Crippen LogP contribution in [-0.2, 0) is 0 Å². The molecule has 13 heavy (non-hydrogen) atoms. The highest BCUT2D eigenvalue weighted by Gasteiger charge is 2.09. The SMILES string of the molecule is Cc1c(N)n[nH]c1-c1ccc(Cl)s1. The van der Waals surface area contributed by atoms with E-state index >= 15 is 0 Å². The van der Waals surface area contributed by atoms with Gasteiger partial charge in [-0.05, 0) is 19.1 Å². The third-order valence-electron chi connectivity index (χ3n) is 1.87. The molecule has 2 rings (SSSR count). The van der Waals surface area contributed by atoms with Crippen LogP contribution in [0.4, 0.5) is 5.82 Å². The van der Waals surface area contributed by atoms with Gasteiger partial charge in [-0.2, -0.15) is 5.10 Å². The molecule has 0 bridgehead atoms. The first-order valence-electron chi connectivity index (χ1n) is 3.74. The number of aromatic nitrogens is 2. The lowest BCUT2D eigenvalue weighted by Crippen LogP contribution is -1.85. The number of halogens is 1. The molecule has 3 nitrogen and oxygen atoms in total. The van der Waals surface area contributed by atoms with Gasteiger partial charge in [0.2, 0.25) is 0 Å². The number of nitrogens with two attached hydrogens (primary N) is 1. The smallest absolute Gasteiger partial charge is 0.148 e. The van der Waals surface area contributed by atoms with Crippen LogP contribution < -0.4 is 5.73 Å². The summed E-state index contributed by atoms with van der Waals surface area (Å²) in [5.41, 5.74) is 7.54. The van der Waals surface area contributed by atoms with E-state index in [1.807, 2.05) is 19.1 Å². The number of nitrogen functional groups attached to an aromatic ring is 1. The van der Waals surface area contributed by atoms with Gasteiger partial charge in [0.15, 0.2) is 0 Å². The molecule has 0 saturated carbocycles. The summed E-state index contributed by atoms with van der Waals surface area (Å²) in [6, 6.07) is 3.81. The van der Waals surface area contributed by atoms with Crippen LogP contribution in [0.25, 0.3) is 10.6 Å². The summed E-state index contributed by atoms with van der Waals surface area (Å²) in [6.45, 7) is 1.93. The zero-order chi connectivity index (χ0) is 9.42. The van der Waals surface area contributed by atoms with Crippen LogP contribution >= 0.6 is 22.9 Å². The number of aromatic amines is 1. The predicted octanol–water partition coefficient (Wildman–Crippen LogP) is 2.68. The van der Waals surface area contributed by atoms with E-state index in [-0.39, 0.29) is 0 Å². The second-order valence-corrected chi connectivity index (χ2v) is 4.43. The Labute approximate surface area is 84.5 Å². The minimum Gasteiger partial charge on any atom is -0.382 e. The fourth-order valence-electron chi connectivity index (χ4n) is 1.10. The van der Waals surface area contributed by atoms with E-state index in [4.69, 9.17) is 17.3 Å². The zero-order valence-corrected chi connectivity index (χ0v) is 8.54. The van der Waals surface area contributed by atoms with Crippen molar-refractivity contribution in [2.45, 2.75) is 6.92 Å². The first-order chi connectivity index (χ1) is 6.18. The van der Waals surface area contributed by atoms with Crippen molar-refractivity contribution in [3.05, 3.63) is 22.0 Å². The molecule has 68 valence electrons. The zero-order valence-electron chi connectivity index (χ0n) is 6.97. The molecule has 2 heterocycles. The topological polar surface area (TPSA) is 54.7 Å². The fourth-order valence-corrected chi connectivity index (χ4v) is 2.20. The molecule has 2 aromatic rings. The molecule has 0 unspecified atom stereocenters. The summed E-state index contributed by atoms with van der Waals surface area (Å²) in [5.74, 6) is 0.541. The fraction of sp³-hybridized carbons (Fsp3) is 0.125. The van der Waals surface area contributed by atoms with Gasteiger partial charge in [-0.15, -0.1) is 11.3 Å². The number of H-pyrrole nitrogens is 1. The Kier molecular flexibility index (Phi) is 2.01. The lowest BCUT2D eigenvalue weighted by Gasteiger charge is -1.92. The average Bonchev–Trinajstić information content (AvgIpc) is 2.62. The van der Waals surface area contributed by atoms with Gasteiger partial charge in [0.25, 0.3) is 0 Å². The standard InChI is InChI=1S/C8H8ClN3S/c1-4-7(11-12-8(4)10)5-2-3-6(9)13-5/h2-3H,1H3,(H3,10,11,12). The number of anilines is 1. The molecule has 0 aromatic carbocycles. The minimum absolute atomic E-state index is 0.541. The molecule has 5 heteroatoms. The molecular weight excluding hydrogens is 206 g/mol. The number of nitrogens with one attached hydrogen (secondary N) is 1. The van der Waals surface area contributed by atoms with Crippen LogP contribution in [0, 0.1) is 6.92 Å². The summed E-state index contributed by atoms with van der Waals surface area (Å²) in [4.78, 5) is 1.06. The van der Waals surface area contributed by atoms with Gasteiger partial charge in [0.1, 0.15) is 5.82 Å². The molecule has 3 N–H and O–H groups in total. The van der Waals surface area contributed by atoms with Crippen molar-refractivity contribution in [1.82, 2.24) is 10.2 Å². The maximum atomic E-state index is 5.82. The Morgan fingerprint density at radius 3 is 2.77 bits per heavy atom. The molecule has 0 saturated heterocycles. The highest BCUT2D eigenvalue weighted by Crippen LogP contribution is 2.32. The summed E-state index contributed by atoms with van der Waals surface area (Å²) >= 11 is 7.33. The second kappa shape index (κ2) is 3.05. The third-order valence-corrected chi connectivity index (χ3v) is 3.12. The second-order valence-electron chi connectivity index (χ2n) is 2.71. The van der Waals surface area contributed by atoms with Crippen molar-refractivity contribution < 1.29 is 0 Å². The molecule has 0 aliphatic carbocycles. The summed E-state index contributed by atoms with van der Waals surface area (Å²) < 4.78 is 0.766. The lowest BCUT2D eigenvalue weighted by molar-refractivity contribution is 1.11. The minimum atomic E-state index is 0.541. The van der Waals surface area contributed by atoms with Crippen LogP contribution in [0.5, 0.6) is 0 Å². The molecule has 0 spiro atoms. The molecule has 0 atom stereocenters. The number of hydrogen-bond donors (Lipinski definition) is 2. The van der Waals surface area contributed by atoms with Gasteiger partial charge in [-0.1, -0.05) is 11.6 Å². The third kappa shape index (κ3) is 1.43. The molecule has 0 radical (unpaired) electrons. The van der Waals surface area contributed by atoms with Crippen LogP contribution in [0.2, 0.25) is 4.34 Å². The van der Waals surface area contributed by atoms with Crippen LogP contribution in [0.15, 0.2) is 12.1 Å². The number of thiophene rings is 1. The maximum absolute atomic E-state index is 5.82. The van der Waals surface area contributed by atoms with Crippen molar-refractivity contribution in [1.29, 1.82) is 0 Å². The Morgan fingerprint density at radius 2 is 2.31 bits per heavy atom. The van der Waals surface area contributed by atoms with E-state index in [2.05, 4.69) is 10.2 Å². The van der Waals surface area contributed by atoms with Crippen molar-refractivity contribution in [3.8, 4) is 10.6 Å². The van der Waals surface area contributed by atoms with Gasteiger partial charge in [-0.3, -0.25) is 5.10 Å². The molecule has 0 amide bonds. The van der Waals surface area contributed by atoms with Crippen molar-refractivity contribution in [2.75, 3.05) is 5.73 Å². The summed E-state index contributed by atoms with van der Waals surface area (Å²) in [5, 5.41) is 6.80. The maximum Gasteiger partial charge on any atom is 0.148 e. The van der Waals surface area contributed by atoms with E-state index < -0.39 is 0 Å². The Balaban J connectivity index is 2.52. The highest BCUT2D eigenvalue weighted by atomic mass is 35.5. The molecule has 0 aliphatic heterocycles. The van der Waals surface area contributed by atoms with Gasteiger partial charge in [0.05, 0.1) is 14.9 Å². The average molecular weight is 214 g/mol. The van der Waals surface area contributed by atoms with Gasteiger partial charge in [0, 0.05) is 5.56 Å². The lowest BCUT2D eigenvalue weighted by atomic mass is 10.2. The Hall–Kier alpha value is -1.000. The first kappa shape index (κ1) is 8.59. The van der Waals surface area contributed by atoms with Gasteiger partial charge in [-0.25, -0.2) is 0 Å². The molecule has 2 aromatic heterocycles. The van der Waals surface area contributed by atoms with Crippen molar-refractivity contribution in [3.63, 3.8) is 0 Å². The Bertz CT molecular complexity index is 432.